The van der Waals surface area contributed by atoms with Crippen LogP contribution in [0.1, 0.15) is 16.8 Å². The third kappa shape index (κ3) is 4.51. The van der Waals surface area contributed by atoms with E-state index in [1.165, 1.54) is 23.1 Å². The van der Waals surface area contributed by atoms with E-state index in [0.717, 1.165) is 6.07 Å². The number of para-hydroxylation sites is 1. The van der Waals surface area contributed by atoms with E-state index in [2.05, 4.69) is 0 Å². The maximum atomic E-state index is 13.7. The zero-order valence-corrected chi connectivity index (χ0v) is 15.2. The van der Waals surface area contributed by atoms with Gasteiger partial charge in [-0.25, -0.2) is 17.6 Å². The van der Waals surface area contributed by atoms with Gasteiger partial charge in [-0.05, 0) is 30.7 Å². The monoisotopic (exact) mass is 391 g/mol. The lowest BCUT2D eigenvalue weighted by Gasteiger charge is -2.28. The molecule has 0 N–H and O–H groups in total. The molecule has 142 valence electrons. The molecule has 0 bridgehead atoms. The number of amides is 1. The number of ether oxygens (including phenoxy) is 1. The van der Waals surface area contributed by atoms with Crippen molar-refractivity contribution in [2.75, 3.05) is 23.0 Å². The molecule has 2 aromatic rings. The smallest absolute Gasteiger partial charge is 0.341 e. The Morgan fingerprint density at radius 2 is 1.74 bits per heavy atom. The van der Waals surface area contributed by atoms with E-state index in [0.29, 0.717) is 12.1 Å². The molecule has 0 spiro atoms. The van der Waals surface area contributed by atoms with Gasteiger partial charge in [-0.15, -0.1) is 0 Å². The summed E-state index contributed by atoms with van der Waals surface area (Å²) in [7, 11) is -3.21. The van der Waals surface area contributed by atoms with Gasteiger partial charge in [-0.1, -0.05) is 30.3 Å². The van der Waals surface area contributed by atoms with Crippen LogP contribution < -0.4 is 4.90 Å². The minimum atomic E-state index is -3.21. The van der Waals surface area contributed by atoms with Gasteiger partial charge >= 0.3 is 5.97 Å². The largest absolute Gasteiger partial charge is 0.452 e. The predicted octanol–water partition coefficient (Wildman–Crippen LogP) is 2.20. The summed E-state index contributed by atoms with van der Waals surface area (Å²) in [6.45, 7) is -0.612. The minimum absolute atomic E-state index is 0.00327. The van der Waals surface area contributed by atoms with Crippen LogP contribution in [0.25, 0.3) is 0 Å². The van der Waals surface area contributed by atoms with Gasteiger partial charge in [-0.3, -0.25) is 4.79 Å². The van der Waals surface area contributed by atoms with Crippen LogP contribution in [-0.2, 0) is 19.4 Å². The number of benzene rings is 2. The summed E-state index contributed by atoms with van der Waals surface area (Å²) in [5, 5.41) is 0. The molecule has 1 aliphatic heterocycles. The lowest BCUT2D eigenvalue weighted by Crippen LogP contribution is -2.43. The molecule has 0 unspecified atom stereocenters. The van der Waals surface area contributed by atoms with Crippen molar-refractivity contribution < 1.29 is 27.1 Å². The van der Waals surface area contributed by atoms with Gasteiger partial charge in [0.25, 0.3) is 5.91 Å². The maximum Gasteiger partial charge on any atom is 0.341 e. The van der Waals surface area contributed by atoms with Gasteiger partial charge in [0.05, 0.1) is 23.1 Å². The summed E-state index contributed by atoms with van der Waals surface area (Å²) < 4.78 is 42.3. The molecular weight excluding hydrogens is 373 g/mol. The lowest BCUT2D eigenvalue weighted by atomic mass is 10.2. The molecule has 1 amide bonds. The van der Waals surface area contributed by atoms with Crippen LogP contribution in [0.5, 0.6) is 0 Å². The Labute approximate surface area is 156 Å². The Kier molecular flexibility index (Phi) is 5.55. The summed E-state index contributed by atoms with van der Waals surface area (Å²) in [6, 6.07) is 13.4. The number of anilines is 1. The topological polar surface area (TPSA) is 80.8 Å². The maximum absolute atomic E-state index is 13.7. The van der Waals surface area contributed by atoms with Crippen LogP contribution in [0.4, 0.5) is 10.1 Å². The van der Waals surface area contributed by atoms with E-state index in [-0.39, 0.29) is 17.1 Å². The molecule has 0 aliphatic carbocycles. The normalized spacial score (nSPS) is 18.0. The lowest BCUT2D eigenvalue weighted by molar-refractivity contribution is -0.122. The summed E-state index contributed by atoms with van der Waals surface area (Å²) >= 11 is 0. The molecular formula is C19H18FNO5S. The first kappa shape index (κ1) is 19.0. The molecule has 1 heterocycles. The van der Waals surface area contributed by atoms with Crippen molar-refractivity contribution in [3.05, 3.63) is 66.0 Å². The van der Waals surface area contributed by atoms with Crippen LogP contribution in [0.15, 0.2) is 54.6 Å². The second-order valence-corrected chi connectivity index (χ2v) is 8.44. The molecule has 1 saturated heterocycles. The average molecular weight is 391 g/mol. The molecule has 1 fully saturated rings. The Hall–Kier alpha value is -2.74. The van der Waals surface area contributed by atoms with Crippen LogP contribution in [0.2, 0.25) is 0 Å². The van der Waals surface area contributed by atoms with Crippen LogP contribution >= 0.6 is 0 Å². The van der Waals surface area contributed by atoms with E-state index < -0.39 is 40.2 Å². The predicted molar refractivity (Wildman–Crippen MR) is 97.7 cm³/mol. The van der Waals surface area contributed by atoms with E-state index in [1.807, 2.05) is 0 Å². The number of halogens is 1. The molecule has 1 aliphatic rings. The van der Waals surface area contributed by atoms with Crippen molar-refractivity contribution in [2.45, 2.75) is 12.5 Å². The Morgan fingerprint density at radius 3 is 2.37 bits per heavy atom. The number of hydrogen-bond acceptors (Lipinski definition) is 5. The first-order chi connectivity index (χ1) is 12.9. The fraction of sp³-hybridized carbons (Fsp3) is 0.263. The van der Waals surface area contributed by atoms with Gasteiger partial charge in [0.2, 0.25) is 0 Å². The van der Waals surface area contributed by atoms with Gasteiger partial charge in [0.15, 0.2) is 16.4 Å². The van der Waals surface area contributed by atoms with Gasteiger partial charge in [0, 0.05) is 5.69 Å². The van der Waals surface area contributed by atoms with Crippen molar-refractivity contribution >= 4 is 27.4 Å². The summed E-state index contributed by atoms with van der Waals surface area (Å²) in [5.41, 5.74) is 0.256. The molecule has 2 aromatic carbocycles. The standard InChI is InChI=1S/C19H18FNO5S/c20-17-9-5-4-8-16(17)19(23)26-12-18(22)21(14-6-2-1-3-7-14)15-10-11-27(24,25)13-15/h1-9,15H,10-13H2/t15-/m0/s1. The first-order valence-corrected chi connectivity index (χ1v) is 10.2. The van der Waals surface area contributed by atoms with Crippen LogP contribution in [0.3, 0.4) is 0 Å². The molecule has 1 atom stereocenters. The average Bonchev–Trinajstić information content (AvgIpc) is 3.00. The first-order valence-electron chi connectivity index (χ1n) is 8.36. The number of hydrogen-bond donors (Lipinski definition) is 0. The SMILES string of the molecule is O=C(OCC(=O)N(c1ccccc1)[C@H]1CCS(=O)(=O)C1)c1ccccc1F. The van der Waals surface area contributed by atoms with Crippen molar-refractivity contribution in [3.63, 3.8) is 0 Å². The molecule has 0 aromatic heterocycles. The van der Waals surface area contributed by atoms with E-state index in [9.17, 15) is 22.4 Å². The van der Waals surface area contributed by atoms with E-state index >= 15 is 0 Å². The minimum Gasteiger partial charge on any atom is -0.452 e. The zero-order valence-electron chi connectivity index (χ0n) is 14.4. The quantitative estimate of drug-likeness (QED) is 0.730. The van der Waals surface area contributed by atoms with Crippen molar-refractivity contribution in [2.24, 2.45) is 0 Å². The molecule has 0 saturated carbocycles. The highest BCUT2D eigenvalue weighted by Gasteiger charge is 2.35. The number of nitrogens with zero attached hydrogens (tertiary/aromatic N) is 1. The van der Waals surface area contributed by atoms with Crippen molar-refractivity contribution in [1.29, 1.82) is 0 Å². The fourth-order valence-electron chi connectivity index (χ4n) is 3.03. The molecule has 0 radical (unpaired) electrons. The third-order valence-electron chi connectivity index (χ3n) is 4.30. The molecule has 6 nitrogen and oxygen atoms in total. The molecule has 27 heavy (non-hydrogen) atoms. The van der Waals surface area contributed by atoms with E-state index in [1.54, 1.807) is 30.3 Å². The highest BCUT2D eigenvalue weighted by atomic mass is 32.2. The Morgan fingerprint density at radius 1 is 1.07 bits per heavy atom. The summed E-state index contributed by atoms with van der Waals surface area (Å²) in [6.07, 6.45) is 0.310. The Bertz CT molecular complexity index is 946. The second-order valence-electron chi connectivity index (χ2n) is 6.21. The molecule has 8 heteroatoms. The second kappa shape index (κ2) is 7.87. The van der Waals surface area contributed by atoms with Crippen molar-refractivity contribution in [1.82, 2.24) is 0 Å². The van der Waals surface area contributed by atoms with Crippen molar-refractivity contribution in [3.8, 4) is 0 Å². The number of carbonyl (C=O) groups is 2. The highest BCUT2D eigenvalue weighted by Crippen LogP contribution is 2.24. The summed E-state index contributed by atoms with van der Waals surface area (Å²) in [5.74, 6) is -2.39. The molecule has 3 rings (SSSR count). The number of esters is 1. The van der Waals surface area contributed by atoms with E-state index in [4.69, 9.17) is 4.74 Å². The van der Waals surface area contributed by atoms with Crippen LogP contribution in [0, 0.1) is 5.82 Å². The third-order valence-corrected chi connectivity index (χ3v) is 6.05. The Balaban J connectivity index is 1.76. The number of rotatable bonds is 5. The number of carbonyl (C=O) groups excluding carboxylic acids is 2. The summed E-state index contributed by atoms with van der Waals surface area (Å²) in [4.78, 5) is 26.1. The van der Waals surface area contributed by atoms with Gasteiger partial charge < -0.3 is 9.64 Å². The number of sulfone groups is 1. The highest BCUT2D eigenvalue weighted by molar-refractivity contribution is 7.91. The van der Waals surface area contributed by atoms with Crippen LogP contribution in [-0.4, -0.2) is 44.4 Å². The van der Waals surface area contributed by atoms with Gasteiger partial charge in [-0.2, -0.15) is 0 Å². The fourth-order valence-corrected chi connectivity index (χ4v) is 4.73. The van der Waals surface area contributed by atoms with Gasteiger partial charge in [0.1, 0.15) is 5.82 Å². The zero-order chi connectivity index (χ0) is 19.4.